The van der Waals surface area contributed by atoms with Crippen molar-refractivity contribution in [2.75, 3.05) is 25.1 Å². The Kier molecular flexibility index (Phi) is 3.99. The maximum Gasteiger partial charge on any atom is 0.317 e. The van der Waals surface area contributed by atoms with Crippen LogP contribution in [-0.2, 0) is 16.3 Å². The lowest BCUT2D eigenvalue weighted by Gasteiger charge is -2.24. The van der Waals surface area contributed by atoms with Crippen LogP contribution in [0.15, 0.2) is 24.3 Å². The van der Waals surface area contributed by atoms with Crippen molar-refractivity contribution in [1.29, 1.82) is 0 Å². The highest BCUT2D eigenvalue weighted by Crippen LogP contribution is 2.27. The molecular formula is C15H20N2O4S. The van der Waals surface area contributed by atoms with Gasteiger partial charge in [-0.15, -0.1) is 0 Å². The van der Waals surface area contributed by atoms with Gasteiger partial charge < -0.3 is 15.0 Å². The third kappa shape index (κ3) is 3.19. The number of rotatable bonds is 3. The van der Waals surface area contributed by atoms with E-state index in [0.29, 0.717) is 13.0 Å². The van der Waals surface area contributed by atoms with Gasteiger partial charge in [0.2, 0.25) is 0 Å². The van der Waals surface area contributed by atoms with Crippen molar-refractivity contribution in [3.8, 4) is 5.75 Å². The molecule has 7 heteroatoms. The van der Waals surface area contributed by atoms with E-state index in [-0.39, 0.29) is 29.7 Å². The molecule has 3 rings (SSSR count). The largest absolute Gasteiger partial charge is 0.488 e. The van der Waals surface area contributed by atoms with E-state index in [1.807, 2.05) is 24.3 Å². The van der Waals surface area contributed by atoms with E-state index in [2.05, 4.69) is 5.32 Å². The maximum atomic E-state index is 12.1. The highest BCUT2D eigenvalue weighted by Gasteiger charge is 2.33. The Hall–Kier alpha value is -1.76. The summed E-state index contributed by atoms with van der Waals surface area (Å²) in [7, 11) is -1.34. The first kappa shape index (κ1) is 15.1. The molecule has 1 fully saturated rings. The topological polar surface area (TPSA) is 75.7 Å². The summed E-state index contributed by atoms with van der Waals surface area (Å²) in [5.74, 6) is 1.09. The number of amides is 2. The van der Waals surface area contributed by atoms with Crippen molar-refractivity contribution >= 4 is 15.9 Å². The minimum Gasteiger partial charge on any atom is -0.488 e. The SMILES string of the molecule is CN(C(=O)NC[C@H]1Cc2ccccc2O1)[C@H]1CCS(=O)(=O)C1. The number of urea groups is 1. The minimum atomic E-state index is -2.99. The summed E-state index contributed by atoms with van der Waals surface area (Å²) in [6, 6.07) is 7.36. The van der Waals surface area contributed by atoms with Crippen LogP contribution in [0, 0.1) is 0 Å². The average Bonchev–Trinajstić information content (AvgIpc) is 3.06. The third-order valence-corrected chi connectivity index (χ3v) is 6.02. The first-order valence-corrected chi connectivity index (χ1v) is 9.22. The Morgan fingerprint density at radius 3 is 2.86 bits per heavy atom. The van der Waals surface area contributed by atoms with Crippen LogP contribution in [0.4, 0.5) is 4.79 Å². The molecule has 2 heterocycles. The number of fused-ring (bicyclic) bond motifs is 1. The van der Waals surface area contributed by atoms with Crippen molar-refractivity contribution < 1.29 is 17.9 Å². The van der Waals surface area contributed by atoms with E-state index in [1.165, 1.54) is 4.90 Å². The number of carbonyl (C=O) groups excluding carboxylic acids is 1. The molecule has 2 atom stereocenters. The highest BCUT2D eigenvalue weighted by molar-refractivity contribution is 7.91. The molecule has 1 aromatic rings. The van der Waals surface area contributed by atoms with Crippen molar-refractivity contribution in [3.05, 3.63) is 29.8 Å². The van der Waals surface area contributed by atoms with Gasteiger partial charge in [0.05, 0.1) is 18.1 Å². The molecule has 0 saturated carbocycles. The molecule has 0 radical (unpaired) electrons. The van der Waals surface area contributed by atoms with Crippen LogP contribution in [0.1, 0.15) is 12.0 Å². The Balaban J connectivity index is 1.49. The van der Waals surface area contributed by atoms with Crippen LogP contribution >= 0.6 is 0 Å². The second kappa shape index (κ2) is 5.79. The van der Waals surface area contributed by atoms with Crippen LogP contribution in [0.5, 0.6) is 5.75 Å². The van der Waals surface area contributed by atoms with Crippen LogP contribution in [-0.4, -0.2) is 56.6 Å². The Morgan fingerprint density at radius 2 is 2.18 bits per heavy atom. The van der Waals surface area contributed by atoms with E-state index in [1.54, 1.807) is 7.05 Å². The molecule has 2 aliphatic rings. The van der Waals surface area contributed by atoms with Gasteiger partial charge in [0, 0.05) is 19.5 Å². The zero-order valence-electron chi connectivity index (χ0n) is 12.5. The molecule has 2 aliphatic heterocycles. The number of nitrogens with one attached hydrogen (secondary N) is 1. The van der Waals surface area contributed by atoms with Gasteiger partial charge in [-0.05, 0) is 18.1 Å². The molecule has 0 bridgehead atoms. The van der Waals surface area contributed by atoms with E-state index < -0.39 is 9.84 Å². The lowest BCUT2D eigenvalue weighted by molar-refractivity contribution is 0.182. The van der Waals surface area contributed by atoms with Gasteiger partial charge in [-0.25, -0.2) is 13.2 Å². The zero-order valence-corrected chi connectivity index (χ0v) is 13.3. The quantitative estimate of drug-likeness (QED) is 0.893. The van der Waals surface area contributed by atoms with Crippen molar-refractivity contribution in [3.63, 3.8) is 0 Å². The van der Waals surface area contributed by atoms with Crippen LogP contribution in [0.25, 0.3) is 0 Å². The fraction of sp³-hybridized carbons (Fsp3) is 0.533. The highest BCUT2D eigenvalue weighted by atomic mass is 32.2. The number of sulfone groups is 1. The molecule has 1 aromatic carbocycles. The van der Waals surface area contributed by atoms with Crippen molar-refractivity contribution in [2.45, 2.75) is 25.0 Å². The molecule has 22 heavy (non-hydrogen) atoms. The van der Waals surface area contributed by atoms with E-state index in [4.69, 9.17) is 4.74 Å². The summed E-state index contributed by atoms with van der Waals surface area (Å²) < 4.78 is 28.7. The molecule has 1 saturated heterocycles. The molecule has 1 N–H and O–H groups in total. The summed E-state index contributed by atoms with van der Waals surface area (Å²) in [6.07, 6.45) is 1.22. The smallest absolute Gasteiger partial charge is 0.317 e. The first-order chi connectivity index (χ1) is 10.4. The number of benzene rings is 1. The van der Waals surface area contributed by atoms with Gasteiger partial charge in [0.25, 0.3) is 0 Å². The van der Waals surface area contributed by atoms with E-state index in [0.717, 1.165) is 17.7 Å². The molecule has 0 spiro atoms. The lowest BCUT2D eigenvalue weighted by Crippen LogP contribution is -2.46. The summed E-state index contributed by atoms with van der Waals surface area (Å²) in [5.41, 5.74) is 1.15. The normalized spacial score (nSPS) is 25.3. The molecule has 0 aromatic heterocycles. The molecule has 120 valence electrons. The van der Waals surface area contributed by atoms with Gasteiger partial charge in [-0.2, -0.15) is 0 Å². The molecule has 0 unspecified atom stereocenters. The Labute approximate surface area is 130 Å². The van der Waals surface area contributed by atoms with Gasteiger partial charge in [-0.1, -0.05) is 18.2 Å². The standard InChI is InChI=1S/C15H20N2O4S/c1-17(12-6-7-22(19,20)10-12)15(18)16-9-13-8-11-4-2-3-5-14(11)21-13/h2-5,12-13H,6-10H2,1H3,(H,16,18)/t12-,13+/m0/s1. The van der Waals surface area contributed by atoms with Crippen molar-refractivity contribution in [1.82, 2.24) is 10.2 Å². The number of hydrogen-bond donors (Lipinski definition) is 1. The van der Waals surface area contributed by atoms with Crippen LogP contribution in [0.3, 0.4) is 0 Å². The molecule has 0 aliphatic carbocycles. The van der Waals surface area contributed by atoms with Gasteiger partial charge in [0.15, 0.2) is 9.84 Å². The monoisotopic (exact) mass is 324 g/mol. The zero-order chi connectivity index (χ0) is 15.7. The first-order valence-electron chi connectivity index (χ1n) is 7.40. The van der Waals surface area contributed by atoms with E-state index in [9.17, 15) is 13.2 Å². The average molecular weight is 324 g/mol. The number of nitrogens with zero attached hydrogens (tertiary/aromatic N) is 1. The molecular weight excluding hydrogens is 304 g/mol. The maximum absolute atomic E-state index is 12.1. The minimum absolute atomic E-state index is 0.0578. The Morgan fingerprint density at radius 1 is 1.41 bits per heavy atom. The van der Waals surface area contributed by atoms with Crippen LogP contribution in [0.2, 0.25) is 0 Å². The number of hydrogen-bond acceptors (Lipinski definition) is 4. The molecule has 6 nitrogen and oxygen atoms in total. The predicted octanol–water partition coefficient (Wildman–Crippen LogP) is 0.819. The fourth-order valence-electron chi connectivity index (χ4n) is 2.94. The lowest BCUT2D eigenvalue weighted by atomic mass is 10.1. The van der Waals surface area contributed by atoms with Crippen LogP contribution < -0.4 is 10.1 Å². The van der Waals surface area contributed by atoms with Gasteiger partial charge >= 0.3 is 6.03 Å². The Bertz CT molecular complexity index is 649. The van der Waals surface area contributed by atoms with Crippen molar-refractivity contribution in [2.24, 2.45) is 0 Å². The predicted molar refractivity (Wildman–Crippen MR) is 82.8 cm³/mol. The summed E-state index contributed by atoms with van der Waals surface area (Å²) >= 11 is 0. The summed E-state index contributed by atoms with van der Waals surface area (Å²) in [5, 5.41) is 2.83. The number of para-hydroxylation sites is 1. The third-order valence-electron chi connectivity index (χ3n) is 4.27. The molecule has 2 amide bonds. The number of carbonyl (C=O) groups is 1. The second-order valence-electron chi connectivity index (χ2n) is 5.91. The second-order valence-corrected chi connectivity index (χ2v) is 8.13. The fourth-order valence-corrected chi connectivity index (χ4v) is 4.71. The summed E-state index contributed by atoms with van der Waals surface area (Å²) in [4.78, 5) is 13.6. The van der Waals surface area contributed by atoms with Gasteiger partial charge in [0.1, 0.15) is 11.9 Å². The summed E-state index contributed by atoms with van der Waals surface area (Å²) in [6.45, 7) is 0.414. The van der Waals surface area contributed by atoms with Gasteiger partial charge in [-0.3, -0.25) is 0 Å². The number of ether oxygens (including phenoxy) is 1. The van der Waals surface area contributed by atoms with E-state index >= 15 is 0 Å².